The van der Waals surface area contributed by atoms with Crippen molar-refractivity contribution in [3.63, 3.8) is 0 Å². The van der Waals surface area contributed by atoms with E-state index in [0.29, 0.717) is 25.7 Å². The molecule has 0 saturated heterocycles. The minimum atomic E-state index is -0.581. The first kappa shape index (κ1) is 14.2. The lowest BCUT2D eigenvalue weighted by atomic mass is 9.72. The molecule has 0 spiro atoms. The topological polar surface area (TPSA) is 60.4 Å². The van der Waals surface area contributed by atoms with E-state index in [1.54, 1.807) is 0 Å². The first-order valence-electron chi connectivity index (χ1n) is 6.84. The lowest BCUT2D eigenvalue weighted by Gasteiger charge is -2.30. The predicted molar refractivity (Wildman–Crippen MR) is 69.4 cm³/mol. The second kappa shape index (κ2) is 4.43. The summed E-state index contributed by atoms with van der Waals surface area (Å²) in [6.07, 6.45) is 2.15. The van der Waals surface area contributed by atoms with Gasteiger partial charge in [-0.25, -0.2) is 0 Å². The highest BCUT2D eigenvalue weighted by Crippen LogP contribution is 2.60. The van der Waals surface area contributed by atoms with E-state index in [0.717, 1.165) is 0 Å². The number of ether oxygens (including phenoxy) is 1. The van der Waals surface area contributed by atoms with Crippen LogP contribution in [0.1, 0.15) is 46.5 Å². The molecule has 0 radical (unpaired) electrons. The maximum atomic E-state index is 12.2. The highest BCUT2D eigenvalue weighted by Gasteiger charge is 2.60. The number of carbonyl (C=O) groups is 3. The Morgan fingerprint density at radius 1 is 1.32 bits per heavy atom. The third kappa shape index (κ3) is 2.11. The van der Waals surface area contributed by atoms with Gasteiger partial charge in [0.15, 0.2) is 0 Å². The van der Waals surface area contributed by atoms with Gasteiger partial charge in [-0.15, -0.1) is 0 Å². The van der Waals surface area contributed by atoms with Crippen molar-refractivity contribution in [1.29, 1.82) is 0 Å². The van der Waals surface area contributed by atoms with Crippen molar-refractivity contribution in [1.82, 2.24) is 0 Å². The Bertz CT molecular complexity index is 441. The summed E-state index contributed by atoms with van der Waals surface area (Å²) >= 11 is 0. The highest BCUT2D eigenvalue weighted by atomic mass is 16.5. The molecular formula is C15H22O4. The molecule has 106 valence electrons. The summed E-state index contributed by atoms with van der Waals surface area (Å²) < 4.78 is 4.89. The van der Waals surface area contributed by atoms with Gasteiger partial charge in [-0.3, -0.25) is 14.4 Å². The molecule has 2 rings (SSSR count). The maximum Gasteiger partial charge on any atom is 0.311 e. The molecule has 0 N–H and O–H groups in total. The Balaban J connectivity index is 2.25. The van der Waals surface area contributed by atoms with E-state index in [9.17, 15) is 14.4 Å². The average molecular weight is 266 g/mol. The zero-order chi connectivity index (χ0) is 14.4. The van der Waals surface area contributed by atoms with E-state index in [4.69, 9.17) is 4.74 Å². The van der Waals surface area contributed by atoms with Crippen molar-refractivity contribution in [2.24, 2.45) is 22.7 Å². The van der Waals surface area contributed by atoms with Crippen LogP contribution in [0.25, 0.3) is 0 Å². The van der Waals surface area contributed by atoms with Crippen LogP contribution in [-0.2, 0) is 19.1 Å². The minimum absolute atomic E-state index is 0.0446. The molecule has 0 aromatic carbocycles. The fraction of sp³-hybridized carbons (Fsp3) is 0.800. The average Bonchev–Trinajstić information content (AvgIpc) is 2.74. The van der Waals surface area contributed by atoms with Crippen molar-refractivity contribution in [3.05, 3.63) is 0 Å². The number of Topliss-reactive ketones (excluding diaryl/α,β-unsaturated/α-hetero) is 2. The fourth-order valence-electron chi connectivity index (χ4n) is 4.25. The van der Waals surface area contributed by atoms with E-state index in [1.165, 1.54) is 14.0 Å². The lowest BCUT2D eigenvalue weighted by molar-refractivity contribution is -0.152. The van der Waals surface area contributed by atoms with Crippen LogP contribution in [0, 0.1) is 22.7 Å². The zero-order valence-corrected chi connectivity index (χ0v) is 12.1. The van der Waals surface area contributed by atoms with Crippen molar-refractivity contribution in [2.45, 2.75) is 46.5 Å². The summed E-state index contributed by atoms with van der Waals surface area (Å²) in [5.41, 5.74) is -1.08. The number of methoxy groups -OCH3 is 1. The molecule has 0 amide bonds. The zero-order valence-electron chi connectivity index (χ0n) is 12.1. The van der Waals surface area contributed by atoms with Crippen LogP contribution in [0.2, 0.25) is 0 Å². The van der Waals surface area contributed by atoms with Crippen molar-refractivity contribution < 1.29 is 19.1 Å². The quantitative estimate of drug-likeness (QED) is 0.734. The molecule has 19 heavy (non-hydrogen) atoms. The van der Waals surface area contributed by atoms with E-state index in [1.807, 2.05) is 13.8 Å². The third-order valence-electron chi connectivity index (χ3n) is 5.15. The highest BCUT2D eigenvalue weighted by molar-refractivity contribution is 5.93. The Hall–Kier alpha value is -1.19. The smallest absolute Gasteiger partial charge is 0.311 e. The summed E-state index contributed by atoms with van der Waals surface area (Å²) in [6, 6.07) is 0. The molecule has 4 atom stereocenters. The van der Waals surface area contributed by atoms with Gasteiger partial charge in [0.1, 0.15) is 11.6 Å². The second-order valence-corrected chi connectivity index (χ2v) is 6.75. The van der Waals surface area contributed by atoms with Gasteiger partial charge in [0.2, 0.25) is 0 Å². The third-order valence-corrected chi connectivity index (χ3v) is 5.15. The van der Waals surface area contributed by atoms with Crippen LogP contribution < -0.4 is 0 Å². The lowest BCUT2D eigenvalue weighted by Crippen LogP contribution is -2.34. The van der Waals surface area contributed by atoms with Gasteiger partial charge in [-0.1, -0.05) is 6.92 Å². The van der Waals surface area contributed by atoms with Crippen LogP contribution in [0.3, 0.4) is 0 Å². The predicted octanol–water partition coefficient (Wildman–Crippen LogP) is 2.15. The SMILES string of the molecule is COC(=O)[C@@]1(C)C[C@@H]2CC(=O)[C@](C)(CC(C)=O)[C@@H]2C1. The van der Waals surface area contributed by atoms with Crippen LogP contribution in [0.4, 0.5) is 0 Å². The summed E-state index contributed by atoms with van der Waals surface area (Å²) in [7, 11) is 1.40. The van der Waals surface area contributed by atoms with Crippen LogP contribution in [0.15, 0.2) is 0 Å². The molecule has 2 fully saturated rings. The van der Waals surface area contributed by atoms with Gasteiger partial charge >= 0.3 is 5.97 Å². The summed E-state index contributed by atoms with van der Waals surface area (Å²) in [5, 5.41) is 0. The number of carbonyl (C=O) groups excluding carboxylic acids is 3. The molecular weight excluding hydrogens is 244 g/mol. The number of hydrogen-bond donors (Lipinski definition) is 0. The van der Waals surface area contributed by atoms with E-state index >= 15 is 0 Å². The molecule has 0 heterocycles. The van der Waals surface area contributed by atoms with Crippen LogP contribution >= 0.6 is 0 Å². The Morgan fingerprint density at radius 2 is 1.95 bits per heavy atom. The number of fused-ring (bicyclic) bond motifs is 1. The molecule has 0 aromatic rings. The Labute approximate surface area is 113 Å². The molecule has 0 bridgehead atoms. The number of rotatable bonds is 3. The molecule has 4 heteroatoms. The van der Waals surface area contributed by atoms with E-state index in [2.05, 4.69) is 0 Å². The van der Waals surface area contributed by atoms with Crippen molar-refractivity contribution >= 4 is 17.5 Å². The van der Waals surface area contributed by atoms with E-state index < -0.39 is 10.8 Å². The summed E-state index contributed by atoms with van der Waals surface area (Å²) in [5.74, 6) is 0.390. The number of esters is 1. The molecule has 2 saturated carbocycles. The Kier molecular flexibility index (Phi) is 3.31. The van der Waals surface area contributed by atoms with Gasteiger partial charge < -0.3 is 4.74 Å². The maximum absolute atomic E-state index is 12.2. The monoisotopic (exact) mass is 266 g/mol. The minimum Gasteiger partial charge on any atom is -0.469 e. The fourth-order valence-corrected chi connectivity index (χ4v) is 4.25. The Morgan fingerprint density at radius 3 is 2.47 bits per heavy atom. The van der Waals surface area contributed by atoms with E-state index in [-0.39, 0.29) is 29.4 Å². The van der Waals surface area contributed by atoms with Crippen molar-refractivity contribution in [3.8, 4) is 0 Å². The molecule has 0 unspecified atom stereocenters. The van der Waals surface area contributed by atoms with Gasteiger partial charge in [0, 0.05) is 18.3 Å². The van der Waals surface area contributed by atoms with Gasteiger partial charge in [-0.05, 0) is 38.5 Å². The van der Waals surface area contributed by atoms with Gasteiger partial charge in [-0.2, -0.15) is 0 Å². The second-order valence-electron chi connectivity index (χ2n) is 6.75. The normalized spacial score (nSPS) is 41.2. The molecule has 0 aliphatic heterocycles. The molecule has 4 nitrogen and oxygen atoms in total. The van der Waals surface area contributed by atoms with Crippen LogP contribution in [-0.4, -0.2) is 24.6 Å². The number of ketones is 2. The summed E-state index contributed by atoms with van der Waals surface area (Å²) in [4.78, 5) is 35.6. The molecule has 2 aliphatic carbocycles. The van der Waals surface area contributed by atoms with Crippen LogP contribution in [0.5, 0.6) is 0 Å². The summed E-state index contributed by atoms with van der Waals surface area (Å²) in [6.45, 7) is 5.33. The van der Waals surface area contributed by atoms with Gasteiger partial charge in [0.25, 0.3) is 0 Å². The molecule has 2 aliphatic rings. The van der Waals surface area contributed by atoms with Gasteiger partial charge in [0.05, 0.1) is 12.5 Å². The standard InChI is InChI=1S/C15H22O4/c1-9(16)6-15(3)11-8-14(2,13(18)19-4)7-10(11)5-12(15)17/h10-11H,5-8H2,1-4H3/t10-,11+,14-,15+/m0/s1. The molecule has 0 aromatic heterocycles. The first-order chi connectivity index (χ1) is 8.73. The van der Waals surface area contributed by atoms with Crippen molar-refractivity contribution in [2.75, 3.05) is 7.11 Å². The first-order valence-corrected chi connectivity index (χ1v) is 6.84. The largest absolute Gasteiger partial charge is 0.469 e. The number of hydrogen-bond acceptors (Lipinski definition) is 4.